The number of Topliss-reactive ketones (excluding diaryl/α,β-unsaturated/α-hetero) is 1. The van der Waals surface area contributed by atoms with Gasteiger partial charge in [-0.1, -0.05) is 34.1 Å². The van der Waals surface area contributed by atoms with Crippen molar-refractivity contribution in [1.29, 1.82) is 0 Å². The van der Waals surface area contributed by atoms with E-state index in [1.54, 1.807) is 18.2 Å². The van der Waals surface area contributed by atoms with Gasteiger partial charge in [0.1, 0.15) is 23.5 Å². The minimum atomic E-state index is -3.26. The zero-order valence-corrected chi connectivity index (χ0v) is 28.7. The zero-order chi connectivity index (χ0) is 34.3. The third kappa shape index (κ3) is 7.04. The van der Waals surface area contributed by atoms with Crippen LogP contribution in [0.3, 0.4) is 0 Å². The van der Waals surface area contributed by atoms with Crippen LogP contribution in [0.4, 0.5) is 13.6 Å². The smallest absolute Gasteiger partial charge is 0.408 e. The number of alkyl halides is 2. The Balaban J connectivity index is 1.62. The van der Waals surface area contributed by atoms with Crippen LogP contribution in [-0.2, 0) is 20.2 Å². The lowest BCUT2D eigenvalue weighted by Crippen LogP contribution is -2.58. The molecule has 2 bridgehead atoms. The molecular weight excluding hydrogens is 608 g/mol. The highest BCUT2D eigenvalue weighted by Gasteiger charge is 2.51. The molecule has 2 fully saturated rings. The topological polar surface area (TPSA) is 107 Å². The molecule has 0 spiro atoms. The van der Waals surface area contributed by atoms with E-state index < -0.39 is 59.5 Å². The number of fused-ring (bicyclic) bond motifs is 5. The summed E-state index contributed by atoms with van der Waals surface area (Å²) in [6, 6.07) is 4.61. The summed E-state index contributed by atoms with van der Waals surface area (Å²) in [5.41, 5.74) is -1.39. The highest BCUT2D eigenvalue weighted by atomic mass is 19.3. The molecule has 2 amide bonds. The number of hydrogen-bond donors (Lipinski definition) is 1. The molecule has 1 aliphatic carbocycles. The summed E-state index contributed by atoms with van der Waals surface area (Å²) in [4.78, 5) is 47.0. The molecule has 2 aliphatic heterocycles. The van der Waals surface area contributed by atoms with Crippen LogP contribution in [0.15, 0.2) is 24.3 Å². The Kier molecular flexibility index (Phi) is 9.77. The molecule has 1 saturated carbocycles. The number of amides is 2. The van der Waals surface area contributed by atoms with E-state index in [1.807, 2.05) is 34.6 Å². The molecule has 5 rings (SSSR count). The molecule has 1 aromatic carbocycles. The third-order valence-electron chi connectivity index (χ3n) is 10.5. The molecule has 1 saturated heterocycles. The van der Waals surface area contributed by atoms with E-state index in [2.05, 4.69) is 10.3 Å². The number of pyridine rings is 1. The molecule has 1 N–H and O–H groups in total. The fourth-order valence-electron chi connectivity index (χ4n) is 7.83. The monoisotopic (exact) mass is 657 g/mol. The fraction of sp³-hybridized carbons (Fsp3) is 0.667. The lowest BCUT2D eigenvalue weighted by molar-refractivity contribution is -0.141. The van der Waals surface area contributed by atoms with E-state index in [0.29, 0.717) is 42.3 Å². The molecule has 3 aliphatic rings. The van der Waals surface area contributed by atoms with Crippen molar-refractivity contribution in [2.45, 2.75) is 123 Å². The number of hydrogen-bond acceptors (Lipinski definition) is 7. The van der Waals surface area contributed by atoms with Crippen molar-refractivity contribution in [2.24, 2.45) is 17.3 Å². The van der Waals surface area contributed by atoms with Crippen molar-refractivity contribution in [1.82, 2.24) is 15.2 Å². The predicted octanol–water partition coefficient (Wildman–Crippen LogP) is 7.18. The lowest BCUT2D eigenvalue weighted by Gasteiger charge is -2.37. The van der Waals surface area contributed by atoms with Crippen LogP contribution < -0.4 is 14.8 Å². The van der Waals surface area contributed by atoms with Crippen LogP contribution in [0, 0.1) is 17.3 Å². The van der Waals surface area contributed by atoms with Gasteiger partial charge in [-0.05, 0) is 81.9 Å². The van der Waals surface area contributed by atoms with E-state index in [1.165, 1.54) is 25.0 Å². The Morgan fingerprint density at radius 3 is 2.51 bits per heavy atom. The number of nitrogens with one attached hydrogen (secondary N) is 1. The Labute approximate surface area is 276 Å². The first kappa shape index (κ1) is 34.8. The highest BCUT2D eigenvalue weighted by molar-refractivity contribution is 5.92. The maximum atomic E-state index is 16.2. The van der Waals surface area contributed by atoms with Gasteiger partial charge in [-0.3, -0.25) is 9.59 Å². The van der Waals surface area contributed by atoms with Crippen molar-refractivity contribution in [2.75, 3.05) is 13.7 Å². The maximum absolute atomic E-state index is 16.2. The predicted molar refractivity (Wildman–Crippen MR) is 174 cm³/mol. The van der Waals surface area contributed by atoms with Crippen molar-refractivity contribution in [3.8, 4) is 11.6 Å². The number of alkyl carbamates (subject to hydrolysis) is 1. The number of ketones is 1. The van der Waals surface area contributed by atoms with E-state index in [9.17, 15) is 14.4 Å². The number of carbonyl (C=O) groups is 3. The first-order valence-corrected chi connectivity index (χ1v) is 16.9. The van der Waals surface area contributed by atoms with E-state index in [4.69, 9.17) is 14.2 Å². The Morgan fingerprint density at radius 2 is 1.85 bits per heavy atom. The van der Waals surface area contributed by atoms with Crippen LogP contribution in [0.2, 0.25) is 0 Å². The van der Waals surface area contributed by atoms with Gasteiger partial charge >= 0.3 is 6.09 Å². The third-order valence-corrected chi connectivity index (χ3v) is 10.5. The van der Waals surface area contributed by atoms with Gasteiger partial charge in [0.15, 0.2) is 5.78 Å². The van der Waals surface area contributed by atoms with Gasteiger partial charge in [0.05, 0.1) is 30.8 Å². The van der Waals surface area contributed by atoms with Crippen LogP contribution in [0.25, 0.3) is 10.9 Å². The summed E-state index contributed by atoms with van der Waals surface area (Å²) in [5, 5.41) is 3.38. The minimum absolute atomic E-state index is 0.00694. The molecule has 258 valence electrons. The van der Waals surface area contributed by atoms with Gasteiger partial charge in [0, 0.05) is 23.8 Å². The molecule has 2 aromatic rings. The number of halogens is 2. The first-order valence-electron chi connectivity index (χ1n) is 16.9. The molecule has 0 unspecified atom stereocenters. The molecule has 11 heteroatoms. The summed E-state index contributed by atoms with van der Waals surface area (Å²) in [7, 11) is 1.52. The molecule has 3 heterocycles. The van der Waals surface area contributed by atoms with E-state index >= 15 is 8.78 Å². The largest absolute Gasteiger partial charge is 0.497 e. The van der Waals surface area contributed by atoms with Gasteiger partial charge in [-0.2, -0.15) is 0 Å². The Hall–Kier alpha value is -3.50. The number of nitrogens with zero attached hydrogens (tertiary/aromatic N) is 2. The highest BCUT2D eigenvalue weighted by Crippen LogP contribution is 2.45. The average Bonchev–Trinajstić information content (AvgIpc) is 3.55. The molecule has 47 heavy (non-hydrogen) atoms. The zero-order valence-electron chi connectivity index (χ0n) is 28.7. The fourth-order valence-corrected chi connectivity index (χ4v) is 7.83. The van der Waals surface area contributed by atoms with Crippen LogP contribution in [0.1, 0.15) is 98.5 Å². The Bertz CT molecular complexity index is 1510. The summed E-state index contributed by atoms with van der Waals surface area (Å²) in [6.07, 6.45) is 2.31. The molecule has 9 nitrogen and oxygen atoms in total. The quantitative estimate of drug-likeness (QED) is 0.373. The standard InChI is InChI=1S/C36H49F2N3O6/c1-8-25-28-20-41(29(25)21(2)42)32(43)30(34(3,4)5)40-33(44)47-35(6)16-11-13-23(35)12-9-10-17-36(37,38)26-18-22-14-15-24(45-7)19-27(22)39-31(26)46-28/h14-15,18-19,23,25,28-30H,8-13,16-17,20H2,1-7H3,(H,40,44)/t23-,25-,28+,29-,30-,35-/m1/s1. The molecule has 0 radical (unpaired) electrons. The summed E-state index contributed by atoms with van der Waals surface area (Å²) in [6.45, 7) is 10.7. The van der Waals surface area contributed by atoms with Crippen molar-refractivity contribution in [3.63, 3.8) is 0 Å². The lowest BCUT2D eigenvalue weighted by atomic mass is 9.85. The summed E-state index contributed by atoms with van der Waals surface area (Å²) in [5.74, 6) is -4.13. The first-order chi connectivity index (χ1) is 22.1. The summed E-state index contributed by atoms with van der Waals surface area (Å²) < 4.78 is 50.3. The van der Waals surface area contributed by atoms with Crippen LogP contribution in [0.5, 0.6) is 11.6 Å². The molecular formula is C36H49F2N3O6. The van der Waals surface area contributed by atoms with Crippen LogP contribution in [-0.4, -0.2) is 65.1 Å². The number of aromatic nitrogens is 1. The Morgan fingerprint density at radius 1 is 1.13 bits per heavy atom. The average molecular weight is 658 g/mol. The van der Waals surface area contributed by atoms with Gasteiger partial charge < -0.3 is 24.4 Å². The number of rotatable bonds is 3. The second-order valence-corrected chi connectivity index (χ2v) is 14.9. The molecule has 1 aromatic heterocycles. The van der Waals surface area contributed by atoms with Gasteiger partial charge in [0.25, 0.3) is 5.92 Å². The van der Waals surface area contributed by atoms with Crippen molar-refractivity contribution < 1.29 is 37.4 Å². The SMILES string of the molecule is CC[C@@H]1[C@@H]2CN(C(=O)[C@H](C(C)(C)C)NC(=O)O[C@]3(C)CCC[C@H]3CCCCC(F)(F)c3cc4ccc(OC)cc4nc3O2)[C@@H]1C(C)=O. The second kappa shape index (κ2) is 13.2. The van der Waals surface area contributed by atoms with Crippen molar-refractivity contribution >= 4 is 28.7 Å². The summed E-state index contributed by atoms with van der Waals surface area (Å²) >= 11 is 0. The number of methoxy groups -OCH3 is 1. The van der Waals surface area contributed by atoms with Gasteiger partial charge in [0.2, 0.25) is 11.8 Å². The minimum Gasteiger partial charge on any atom is -0.497 e. The van der Waals surface area contributed by atoms with E-state index in [-0.39, 0.29) is 36.1 Å². The number of benzene rings is 1. The van der Waals surface area contributed by atoms with E-state index in [0.717, 1.165) is 12.8 Å². The van der Waals surface area contributed by atoms with Gasteiger partial charge in [-0.15, -0.1) is 0 Å². The van der Waals surface area contributed by atoms with Crippen molar-refractivity contribution in [3.05, 3.63) is 29.8 Å². The van der Waals surface area contributed by atoms with Crippen LogP contribution >= 0.6 is 0 Å². The van der Waals surface area contributed by atoms with Gasteiger partial charge in [-0.25, -0.2) is 18.6 Å². The normalized spacial score (nSPS) is 30.3. The maximum Gasteiger partial charge on any atom is 0.408 e. The number of carbonyl (C=O) groups excluding carboxylic acids is 3. The molecule has 6 atom stereocenters. The second-order valence-electron chi connectivity index (χ2n) is 14.9. The number of ether oxygens (including phenoxy) is 3.